The van der Waals surface area contributed by atoms with Crippen LogP contribution < -0.4 is 10.3 Å². The number of hydrogen-bond donors (Lipinski definition) is 1. The first-order valence-electron chi connectivity index (χ1n) is 7.42. The van der Waals surface area contributed by atoms with E-state index in [1.807, 2.05) is 0 Å². The summed E-state index contributed by atoms with van der Waals surface area (Å²) in [5.41, 5.74) is -1.52. The lowest BCUT2D eigenvalue weighted by molar-refractivity contribution is -0.119. The maximum absolute atomic E-state index is 13.9. The number of carbonyl (C=O) groups excluding carboxylic acids is 2. The quantitative estimate of drug-likeness (QED) is 0.665. The summed E-state index contributed by atoms with van der Waals surface area (Å²) < 4.78 is 59.6. The molecule has 0 aliphatic carbocycles. The number of halogens is 4. The molecule has 1 N–H and O–H groups in total. The van der Waals surface area contributed by atoms with Gasteiger partial charge in [0.05, 0.1) is 12.8 Å². The molecule has 3 rings (SSSR count). The molecule has 0 radical (unpaired) electrons. The second-order valence-corrected chi connectivity index (χ2v) is 5.33. The van der Waals surface area contributed by atoms with Crippen molar-refractivity contribution in [3.63, 3.8) is 0 Å². The molecule has 0 unspecified atom stereocenters. The van der Waals surface area contributed by atoms with Gasteiger partial charge in [-0.3, -0.25) is 9.59 Å². The van der Waals surface area contributed by atoms with Crippen LogP contribution in [-0.4, -0.2) is 17.5 Å². The van der Waals surface area contributed by atoms with Gasteiger partial charge in [-0.05, 0) is 12.1 Å². The minimum Gasteiger partial charge on any atom is -0.467 e. The summed E-state index contributed by atoms with van der Waals surface area (Å²) in [5.74, 6) is -8.09. The van der Waals surface area contributed by atoms with Crippen molar-refractivity contribution in [1.82, 2.24) is 5.32 Å². The zero-order valence-electron chi connectivity index (χ0n) is 13.1. The third kappa shape index (κ3) is 3.30. The van der Waals surface area contributed by atoms with Crippen LogP contribution in [0.4, 0.5) is 23.2 Å². The van der Waals surface area contributed by atoms with Crippen molar-refractivity contribution in [3.8, 4) is 0 Å². The summed E-state index contributed by atoms with van der Waals surface area (Å²) in [4.78, 5) is 24.1. The lowest BCUT2D eigenvalue weighted by atomic mass is 10.1. The number of nitrogens with zero attached hydrogens (tertiary/aromatic N) is 2. The minimum absolute atomic E-state index is 0.0171. The van der Waals surface area contributed by atoms with Gasteiger partial charge in [0, 0.05) is 18.9 Å². The Bertz CT molecular complexity index is 870. The molecule has 10 heteroatoms. The number of anilines is 1. The fraction of sp³-hybridized carbons (Fsp3) is 0.188. The minimum atomic E-state index is -1.78. The van der Waals surface area contributed by atoms with Gasteiger partial charge in [0.25, 0.3) is 5.91 Å². The maximum atomic E-state index is 13.9. The zero-order chi connectivity index (χ0) is 18.8. The van der Waals surface area contributed by atoms with E-state index in [2.05, 4.69) is 10.4 Å². The lowest BCUT2D eigenvalue weighted by Gasteiger charge is -2.24. The molecule has 0 saturated carbocycles. The Kier molecular flexibility index (Phi) is 4.74. The van der Waals surface area contributed by atoms with Crippen LogP contribution >= 0.6 is 0 Å². The van der Waals surface area contributed by atoms with Crippen LogP contribution in [0.25, 0.3) is 0 Å². The molecule has 1 aromatic heterocycles. The molecule has 26 heavy (non-hydrogen) atoms. The van der Waals surface area contributed by atoms with E-state index in [1.54, 1.807) is 12.1 Å². The molecular weight excluding hydrogens is 358 g/mol. The van der Waals surface area contributed by atoms with Crippen LogP contribution in [0.3, 0.4) is 0 Å². The molecule has 6 nitrogen and oxygen atoms in total. The molecule has 2 aromatic rings. The molecule has 0 bridgehead atoms. The summed E-state index contributed by atoms with van der Waals surface area (Å²) in [7, 11) is 0. The predicted molar refractivity (Wildman–Crippen MR) is 81.0 cm³/mol. The topological polar surface area (TPSA) is 74.9 Å². The molecule has 2 amide bonds. The van der Waals surface area contributed by atoms with Crippen molar-refractivity contribution in [3.05, 3.63) is 53.5 Å². The van der Waals surface area contributed by atoms with Crippen LogP contribution in [0, 0.1) is 23.3 Å². The summed E-state index contributed by atoms with van der Waals surface area (Å²) in [6, 6.07) is 3.24. The number of nitrogens with one attached hydrogen (secondary N) is 1. The van der Waals surface area contributed by atoms with E-state index in [-0.39, 0.29) is 36.2 Å². The van der Waals surface area contributed by atoms with Crippen LogP contribution in [0.15, 0.2) is 34.0 Å². The van der Waals surface area contributed by atoms with E-state index in [0.29, 0.717) is 5.76 Å². The highest BCUT2D eigenvalue weighted by molar-refractivity contribution is 6.40. The molecule has 2 heterocycles. The Morgan fingerprint density at radius 1 is 1.19 bits per heavy atom. The van der Waals surface area contributed by atoms with Gasteiger partial charge in [-0.1, -0.05) is 0 Å². The monoisotopic (exact) mass is 369 g/mol. The highest BCUT2D eigenvalue weighted by Gasteiger charge is 2.32. The van der Waals surface area contributed by atoms with Gasteiger partial charge in [0.2, 0.25) is 5.91 Å². The van der Waals surface area contributed by atoms with Crippen molar-refractivity contribution >= 4 is 23.2 Å². The van der Waals surface area contributed by atoms with E-state index >= 15 is 0 Å². The predicted octanol–water partition coefficient (Wildman–Crippen LogP) is 2.64. The summed E-state index contributed by atoms with van der Waals surface area (Å²) >= 11 is 0. The van der Waals surface area contributed by atoms with E-state index in [9.17, 15) is 27.2 Å². The Balaban J connectivity index is 1.89. The maximum Gasteiger partial charge on any atom is 0.267 e. The molecule has 1 aliphatic heterocycles. The van der Waals surface area contributed by atoms with Crippen LogP contribution in [0.5, 0.6) is 0 Å². The van der Waals surface area contributed by atoms with Gasteiger partial charge in [0.1, 0.15) is 17.2 Å². The molecular formula is C16H11F4N3O3. The number of amides is 2. The van der Waals surface area contributed by atoms with Crippen LogP contribution in [0.1, 0.15) is 18.6 Å². The second-order valence-electron chi connectivity index (χ2n) is 5.33. The fourth-order valence-electron chi connectivity index (χ4n) is 2.32. The molecule has 1 aliphatic rings. The number of carbonyl (C=O) groups is 2. The first-order chi connectivity index (χ1) is 12.4. The molecule has 0 saturated heterocycles. The molecule has 0 fully saturated rings. The number of furan rings is 1. The first kappa shape index (κ1) is 17.6. The van der Waals surface area contributed by atoms with E-state index in [1.165, 1.54) is 6.26 Å². The second kappa shape index (κ2) is 6.98. The summed E-state index contributed by atoms with van der Waals surface area (Å²) in [5, 5.41) is 6.21. The molecule has 136 valence electrons. The number of rotatable bonds is 4. The molecule has 0 spiro atoms. The van der Waals surface area contributed by atoms with E-state index in [4.69, 9.17) is 4.42 Å². The third-order valence-corrected chi connectivity index (χ3v) is 3.60. The Hall–Kier alpha value is -3.17. The number of hydrogen-bond acceptors (Lipinski definition) is 4. The van der Waals surface area contributed by atoms with Crippen molar-refractivity contribution < 1.29 is 31.6 Å². The number of hydrazone groups is 1. The average molecular weight is 369 g/mol. The Labute approximate surface area is 144 Å². The van der Waals surface area contributed by atoms with Crippen LogP contribution in [0.2, 0.25) is 0 Å². The van der Waals surface area contributed by atoms with Gasteiger partial charge in [0.15, 0.2) is 23.3 Å². The lowest BCUT2D eigenvalue weighted by Crippen LogP contribution is -2.39. The third-order valence-electron chi connectivity index (χ3n) is 3.60. The van der Waals surface area contributed by atoms with Crippen molar-refractivity contribution in [2.75, 3.05) is 5.01 Å². The smallest absolute Gasteiger partial charge is 0.267 e. The highest BCUT2D eigenvalue weighted by atomic mass is 19.2. The largest absolute Gasteiger partial charge is 0.467 e. The van der Waals surface area contributed by atoms with Crippen molar-refractivity contribution in [2.45, 2.75) is 19.4 Å². The van der Waals surface area contributed by atoms with Gasteiger partial charge >= 0.3 is 0 Å². The summed E-state index contributed by atoms with van der Waals surface area (Å²) in [6.07, 6.45) is 0.994. The number of benzene rings is 1. The summed E-state index contributed by atoms with van der Waals surface area (Å²) in [6.45, 7) is 0.0239. The first-order valence-corrected chi connectivity index (χ1v) is 7.42. The Morgan fingerprint density at radius 3 is 2.50 bits per heavy atom. The van der Waals surface area contributed by atoms with Gasteiger partial charge in [-0.2, -0.15) is 10.1 Å². The van der Waals surface area contributed by atoms with E-state index in [0.717, 1.165) is 0 Å². The van der Waals surface area contributed by atoms with Crippen molar-refractivity contribution in [1.29, 1.82) is 0 Å². The van der Waals surface area contributed by atoms with Gasteiger partial charge in [-0.15, -0.1) is 0 Å². The molecule has 0 atom stereocenters. The van der Waals surface area contributed by atoms with Crippen molar-refractivity contribution in [2.24, 2.45) is 5.10 Å². The highest BCUT2D eigenvalue weighted by Crippen LogP contribution is 2.30. The zero-order valence-corrected chi connectivity index (χ0v) is 13.1. The van der Waals surface area contributed by atoms with Gasteiger partial charge < -0.3 is 9.73 Å². The standard InChI is InChI=1S/C16H11F4N3O3/c17-9-6-10(18)14(20)15(13(9)19)23-12(24)4-3-11(22-23)16(25)21-7-8-2-1-5-26-8/h1-2,5-6H,3-4,7H2,(H,21,25). The van der Waals surface area contributed by atoms with E-state index < -0.39 is 40.8 Å². The fourth-order valence-corrected chi connectivity index (χ4v) is 2.32. The average Bonchev–Trinajstić information content (AvgIpc) is 3.13. The van der Waals surface area contributed by atoms with Crippen LogP contribution in [-0.2, 0) is 16.1 Å². The normalized spacial score (nSPS) is 14.4. The Morgan fingerprint density at radius 2 is 1.88 bits per heavy atom. The van der Waals surface area contributed by atoms with Gasteiger partial charge in [-0.25, -0.2) is 17.6 Å². The molecule has 1 aromatic carbocycles. The SMILES string of the molecule is O=C(NCc1ccco1)C1=NN(c2c(F)c(F)cc(F)c2F)C(=O)CC1.